The minimum Gasteiger partial charge on any atom is -0.399 e. The summed E-state index contributed by atoms with van der Waals surface area (Å²) in [6.45, 7) is 4.86. The number of morpholine rings is 1. The minimum absolute atomic E-state index is 0.346. The van der Waals surface area contributed by atoms with Crippen molar-refractivity contribution in [1.82, 2.24) is 0 Å². The first-order chi connectivity index (χ1) is 7.70. The van der Waals surface area contributed by atoms with Crippen LogP contribution in [0, 0.1) is 0 Å². The lowest BCUT2D eigenvalue weighted by molar-refractivity contribution is 0.0384. The van der Waals surface area contributed by atoms with Gasteiger partial charge in [-0.05, 0) is 40.5 Å². The topological polar surface area (TPSA) is 38.5 Å². The molecule has 1 saturated heterocycles. The first-order valence-corrected chi connectivity index (χ1v) is 6.41. The van der Waals surface area contributed by atoms with Gasteiger partial charge in [0.05, 0.1) is 18.4 Å². The van der Waals surface area contributed by atoms with Gasteiger partial charge in [0.15, 0.2) is 0 Å². The summed E-state index contributed by atoms with van der Waals surface area (Å²) in [6.07, 6.45) is 1.40. The maximum absolute atomic E-state index is 5.74. The minimum atomic E-state index is 0.346. The van der Waals surface area contributed by atoms with Crippen molar-refractivity contribution in [2.24, 2.45) is 0 Å². The third kappa shape index (κ3) is 2.50. The fraction of sp³-hybridized carbons (Fsp3) is 0.500. The van der Waals surface area contributed by atoms with E-state index in [1.165, 1.54) is 5.69 Å². The van der Waals surface area contributed by atoms with Crippen molar-refractivity contribution < 1.29 is 4.74 Å². The highest BCUT2D eigenvalue weighted by Crippen LogP contribution is 2.29. The Bertz CT molecular complexity index is 370. The first-order valence-electron chi connectivity index (χ1n) is 5.62. The van der Waals surface area contributed by atoms with E-state index in [2.05, 4.69) is 33.8 Å². The largest absolute Gasteiger partial charge is 0.399 e. The maximum atomic E-state index is 5.74. The van der Waals surface area contributed by atoms with Gasteiger partial charge in [0.2, 0.25) is 0 Å². The van der Waals surface area contributed by atoms with E-state index in [9.17, 15) is 0 Å². The average Bonchev–Trinajstić information content (AvgIpc) is 2.29. The molecule has 1 heterocycles. The van der Waals surface area contributed by atoms with Gasteiger partial charge in [-0.25, -0.2) is 0 Å². The van der Waals surface area contributed by atoms with E-state index in [0.29, 0.717) is 6.10 Å². The van der Waals surface area contributed by atoms with Crippen molar-refractivity contribution in [3.8, 4) is 0 Å². The second kappa shape index (κ2) is 5.06. The molecule has 1 fully saturated rings. The Labute approximate surface area is 105 Å². The molecular formula is C12H17BrN2O. The zero-order valence-electron chi connectivity index (χ0n) is 9.45. The van der Waals surface area contributed by atoms with Crippen LogP contribution in [0.3, 0.4) is 0 Å². The van der Waals surface area contributed by atoms with Crippen LogP contribution in [-0.4, -0.2) is 25.8 Å². The molecule has 16 heavy (non-hydrogen) atoms. The lowest BCUT2D eigenvalue weighted by Crippen LogP contribution is -2.42. The van der Waals surface area contributed by atoms with Crippen molar-refractivity contribution >= 4 is 27.3 Å². The van der Waals surface area contributed by atoms with E-state index in [4.69, 9.17) is 10.5 Å². The van der Waals surface area contributed by atoms with Crippen LogP contribution in [0.2, 0.25) is 0 Å². The van der Waals surface area contributed by atoms with E-state index in [-0.39, 0.29) is 0 Å². The van der Waals surface area contributed by atoms with E-state index >= 15 is 0 Å². The SMILES string of the molecule is CCC1CN(c2ccc(N)cc2Br)CCO1. The highest BCUT2D eigenvalue weighted by molar-refractivity contribution is 9.10. The third-order valence-corrected chi connectivity index (χ3v) is 3.54. The zero-order chi connectivity index (χ0) is 11.5. The number of hydrogen-bond acceptors (Lipinski definition) is 3. The Morgan fingerprint density at radius 2 is 2.38 bits per heavy atom. The molecule has 0 aliphatic carbocycles. The van der Waals surface area contributed by atoms with Crippen molar-refractivity contribution in [2.45, 2.75) is 19.4 Å². The summed E-state index contributed by atoms with van der Waals surface area (Å²) in [5.74, 6) is 0. The lowest BCUT2D eigenvalue weighted by Gasteiger charge is -2.34. The molecular weight excluding hydrogens is 268 g/mol. The summed E-state index contributed by atoms with van der Waals surface area (Å²) >= 11 is 3.56. The maximum Gasteiger partial charge on any atom is 0.0748 e. The number of anilines is 2. The van der Waals surface area contributed by atoms with Gasteiger partial charge >= 0.3 is 0 Å². The van der Waals surface area contributed by atoms with E-state index in [0.717, 1.165) is 36.3 Å². The number of benzene rings is 1. The molecule has 0 spiro atoms. The molecule has 2 rings (SSSR count). The number of nitrogen functional groups attached to an aromatic ring is 1. The monoisotopic (exact) mass is 284 g/mol. The predicted molar refractivity (Wildman–Crippen MR) is 70.8 cm³/mol. The van der Waals surface area contributed by atoms with Crippen molar-refractivity contribution in [3.05, 3.63) is 22.7 Å². The highest BCUT2D eigenvalue weighted by Gasteiger charge is 2.20. The molecule has 4 heteroatoms. The normalized spacial score (nSPS) is 21.1. The Hall–Kier alpha value is -0.740. The third-order valence-electron chi connectivity index (χ3n) is 2.91. The summed E-state index contributed by atoms with van der Waals surface area (Å²) in [6, 6.07) is 5.96. The Balaban J connectivity index is 2.16. The molecule has 1 aromatic carbocycles. The number of ether oxygens (including phenoxy) is 1. The molecule has 1 aliphatic heterocycles. The molecule has 1 aliphatic rings. The second-order valence-electron chi connectivity index (χ2n) is 4.06. The molecule has 0 bridgehead atoms. The molecule has 1 unspecified atom stereocenters. The fourth-order valence-electron chi connectivity index (χ4n) is 1.96. The van der Waals surface area contributed by atoms with Crippen LogP contribution in [0.4, 0.5) is 11.4 Å². The Morgan fingerprint density at radius 3 is 3.06 bits per heavy atom. The van der Waals surface area contributed by atoms with Gasteiger partial charge in [0.1, 0.15) is 0 Å². The predicted octanol–water partition coefficient (Wildman–Crippen LogP) is 2.65. The Morgan fingerprint density at radius 1 is 1.56 bits per heavy atom. The summed E-state index contributed by atoms with van der Waals surface area (Å²) < 4.78 is 6.72. The molecule has 0 radical (unpaired) electrons. The number of hydrogen-bond donors (Lipinski definition) is 1. The molecule has 0 saturated carbocycles. The highest BCUT2D eigenvalue weighted by atomic mass is 79.9. The van der Waals surface area contributed by atoms with Gasteiger partial charge in [0, 0.05) is 23.2 Å². The quantitative estimate of drug-likeness (QED) is 0.849. The second-order valence-corrected chi connectivity index (χ2v) is 4.91. The van der Waals surface area contributed by atoms with E-state index in [1.54, 1.807) is 0 Å². The van der Waals surface area contributed by atoms with Crippen LogP contribution in [-0.2, 0) is 4.74 Å². The van der Waals surface area contributed by atoms with Crippen LogP contribution in [0.5, 0.6) is 0 Å². The molecule has 1 atom stereocenters. The summed E-state index contributed by atoms with van der Waals surface area (Å²) in [5, 5.41) is 0. The molecule has 0 amide bonds. The molecule has 0 aromatic heterocycles. The van der Waals surface area contributed by atoms with Gasteiger partial charge in [-0.2, -0.15) is 0 Å². The molecule has 3 nitrogen and oxygen atoms in total. The Kier molecular flexibility index (Phi) is 3.71. The van der Waals surface area contributed by atoms with Gasteiger partial charge in [-0.1, -0.05) is 6.92 Å². The van der Waals surface area contributed by atoms with Crippen molar-refractivity contribution in [3.63, 3.8) is 0 Å². The van der Waals surface area contributed by atoms with Crippen molar-refractivity contribution in [2.75, 3.05) is 30.3 Å². The van der Waals surface area contributed by atoms with E-state index < -0.39 is 0 Å². The van der Waals surface area contributed by atoms with Crippen LogP contribution in [0.1, 0.15) is 13.3 Å². The van der Waals surface area contributed by atoms with Crippen LogP contribution >= 0.6 is 15.9 Å². The van der Waals surface area contributed by atoms with Gasteiger partial charge in [-0.3, -0.25) is 0 Å². The van der Waals surface area contributed by atoms with Gasteiger partial charge in [-0.15, -0.1) is 0 Å². The average molecular weight is 285 g/mol. The smallest absolute Gasteiger partial charge is 0.0748 e. The number of rotatable bonds is 2. The lowest BCUT2D eigenvalue weighted by atomic mass is 10.2. The van der Waals surface area contributed by atoms with Crippen LogP contribution < -0.4 is 10.6 Å². The summed E-state index contributed by atoms with van der Waals surface area (Å²) in [5.41, 5.74) is 7.73. The molecule has 88 valence electrons. The number of nitrogens with two attached hydrogens (primary N) is 1. The zero-order valence-corrected chi connectivity index (χ0v) is 11.0. The molecule has 2 N–H and O–H groups in total. The molecule has 1 aromatic rings. The first kappa shape index (κ1) is 11.7. The number of nitrogens with zero attached hydrogens (tertiary/aromatic N) is 1. The van der Waals surface area contributed by atoms with Crippen LogP contribution in [0.15, 0.2) is 22.7 Å². The fourth-order valence-corrected chi connectivity index (χ4v) is 2.61. The van der Waals surface area contributed by atoms with Gasteiger partial charge in [0.25, 0.3) is 0 Å². The van der Waals surface area contributed by atoms with E-state index in [1.807, 2.05) is 12.1 Å². The van der Waals surface area contributed by atoms with Crippen LogP contribution in [0.25, 0.3) is 0 Å². The van der Waals surface area contributed by atoms with Gasteiger partial charge < -0.3 is 15.4 Å². The van der Waals surface area contributed by atoms with Crippen molar-refractivity contribution in [1.29, 1.82) is 0 Å². The summed E-state index contributed by atoms with van der Waals surface area (Å²) in [4.78, 5) is 2.35. The summed E-state index contributed by atoms with van der Waals surface area (Å²) in [7, 11) is 0. The number of halogens is 1. The standard InChI is InChI=1S/C12H17BrN2O/c1-2-10-8-15(5-6-16-10)12-4-3-9(14)7-11(12)13/h3-4,7,10H,2,5-6,8,14H2,1H3.